The van der Waals surface area contributed by atoms with Crippen LogP contribution in [0.1, 0.15) is 19.4 Å². The molecular weight excluding hydrogens is 276 g/mol. The first-order valence-corrected chi connectivity index (χ1v) is 8.04. The largest absolute Gasteiger partial charge is 0.489 e. The van der Waals surface area contributed by atoms with E-state index in [1.165, 1.54) is 0 Å². The third kappa shape index (κ3) is 3.53. The molecule has 1 aliphatic rings. The molecule has 0 aromatic heterocycles. The van der Waals surface area contributed by atoms with E-state index in [0.717, 1.165) is 0 Å². The van der Waals surface area contributed by atoms with Crippen molar-refractivity contribution in [3.63, 3.8) is 0 Å². The lowest BCUT2D eigenvalue weighted by atomic mass is 9.97. The van der Waals surface area contributed by atoms with Crippen LogP contribution in [0.2, 0.25) is 0 Å². The van der Waals surface area contributed by atoms with E-state index in [1.807, 2.05) is 13.8 Å². The van der Waals surface area contributed by atoms with Crippen LogP contribution in [0.25, 0.3) is 0 Å². The average molecular weight is 291 g/mol. The van der Waals surface area contributed by atoms with Gasteiger partial charge in [0.1, 0.15) is 0 Å². The van der Waals surface area contributed by atoms with Gasteiger partial charge in [-0.3, -0.25) is 0 Å². The summed E-state index contributed by atoms with van der Waals surface area (Å²) in [5, 5.41) is 0. The zero-order valence-electron chi connectivity index (χ0n) is 10.3. The van der Waals surface area contributed by atoms with Crippen molar-refractivity contribution >= 4 is 19.7 Å². The van der Waals surface area contributed by atoms with E-state index >= 15 is 0 Å². The fraction of sp³-hybridized carbons (Fsp3) is 0.500. The minimum absolute atomic E-state index is 0.0717. The molecule has 0 fully saturated rings. The molecule has 1 aromatic carbocycles. The molecule has 0 bridgehead atoms. The predicted octanol–water partition coefficient (Wildman–Crippen LogP) is 2.55. The van der Waals surface area contributed by atoms with Crippen LogP contribution < -0.4 is 9.47 Å². The zero-order chi connectivity index (χ0) is 13.4. The molecular formula is C12H15ClO4S. The van der Waals surface area contributed by atoms with Gasteiger partial charge in [0.15, 0.2) is 11.5 Å². The molecule has 1 aliphatic heterocycles. The van der Waals surface area contributed by atoms with Crippen molar-refractivity contribution < 1.29 is 17.9 Å². The van der Waals surface area contributed by atoms with Crippen molar-refractivity contribution in [2.45, 2.75) is 19.6 Å². The molecule has 0 aliphatic carbocycles. The van der Waals surface area contributed by atoms with E-state index in [-0.39, 0.29) is 11.2 Å². The fourth-order valence-electron chi connectivity index (χ4n) is 1.66. The van der Waals surface area contributed by atoms with Crippen molar-refractivity contribution in [1.29, 1.82) is 0 Å². The number of hydrogen-bond acceptors (Lipinski definition) is 4. The summed E-state index contributed by atoms with van der Waals surface area (Å²) in [7, 11) is 1.67. The molecule has 2 rings (SSSR count). The fourth-order valence-corrected chi connectivity index (χ4v) is 2.62. The Morgan fingerprint density at radius 3 is 2.44 bits per heavy atom. The van der Waals surface area contributed by atoms with Gasteiger partial charge in [-0.25, -0.2) is 8.42 Å². The number of benzene rings is 1. The van der Waals surface area contributed by atoms with Crippen LogP contribution in [0.3, 0.4) is 0 Å². The summed E-state index contributed by atoms with van der Waals surface area (Å²) in [5.74, 6) is 0.990. The van der Waals surface area contributed by atoms with Crippen LogP contribution in [0.15, 0.2) is 18.2 Å². The van der Waals surface area contributed by atoms with Gasteiger partial charge in [-0.1, -0.05) is 19.9 Å². The summed E-state index contributed by atoms with van der Waals surface area (Å²) in [6, 6.07) is 5.06. The number of fused-ring (bicyclic) bond motifs is 1. The number of hydrogen-bond donors (Lipinski definition) is 0. The highest BCUT2D eigenvalue weighted by atomic mass is 35.7. The minimum Gasteiger partial charge on any atom is -0.489 e. The maximum Gasteiger partial charge on any atom is 0.236 e. The van der Waals surface area contributed by atoms with E-state index < -0.39 is 9.05 Å². The van der Waals surface area contributed by atoms with Crippen molar-refractivity contribution in [3.05, 3.63) is 23.8 Å². The summed E-state index contributed by atoms with van der Waals surface area (Å²) < 4.78 is 33.4. The lowest BCUT2D eigenvalue weighted by Gasteiger charge is -2.19. The van der Waals surface area contributed by atoms with Gasteiger partial charge >= 0.3 is 0 Å². The molecule has 1 aromatic rings. The van der Waals surface area contributed by atoms with Gasteiger partial charge in [-0.15, -0.1) is 0 Å². The first-order valence-electron chi connectivity index (χ1n) is 5.56. The molecule has 4 nitrogen and oxygen atoms in total. The lowest BCUT2D eigenvalue weighted by Crippen LogP contribution is -2.26. The summed E-state index contributed by atoms with van der Waals surface area (Å²) >= 11 is 0. The van der Waals surface area contributed by atoms with Gasteiger partial charge in [0.05, 0.1) is 19.0 Å². The second-order valence-corrected chi connectivity index (χ2v) is 7.98. The third-order valence-corrected chi connectivity index (χ3v) is 3.59. The van der Waals surface area contributed by atoms with Gasteiger partial charge < -0.3 is 9.47 Å². The van der Waals surface area contributed by atoms with Gasteiger partial charge in [0.25, 0.3) is 0 Å². The average Bonchev–Trinajstić information content (AvgIpc) is 2.36. The second kappa shape index (κ2) is 4.63. The summed E-state index contributed by atoms with van der Waals surface area (Å²) in [6.45, 7) is 5.18. The molecule has 6 heteroatoms. The molecule has 18 heavy (non-hydrogen) atoms. The van der Waals surface area contributed by atoms with Gasteiger partial charge in [0.2, 0.25) is 9.05 Å². The Balaban J connectivity index is 2.26. The number of halogens is 1. The van der Waals surface area contributed by atoms with Gasteiger partial charge in [-0.2, -0.15) is 0 Å². The molecule has 1 heterocycles. The topological polar surface area (TPSA) is 52.6 Å². The number of ether oxygens (including phenoxy) is 2. The maximum atomic E-state index is 11.0. The monoisotopic (exact) mass is 290 g/mol. The highest BCUT2D eigenvalue weighted by Crippen LogP contribution is 2.34. The zero-order valence-corrected chi connectivity index (χ0v) is 11.8. The summed E-state index contributed by atoms with van der Waals surface area (Å²) in [5.41, 5.74) is 0.518. The number of rotatable bonds is 2. The highest BCUT2D eigenvalue weighted by Gasteiger charge is 2.25. The van der Waals surface area contributed by atoms with Crippen LogP contribution >= 0.6 is 10.7 Å². The van der Waals surface area contributed by atoms with E-state index in [1.54, 1.807) is 18.2 Å². The molecule has 0 unspecified atom stereocenters. The van der Waals surface area contributed by atoms with E-state index in [4.69, 9.17) is 20.2 Å². The molecule has 0 N–H and O–H groups in total. The minimum atomic E-state index is -3.56. The van der Waals surface area contributed by atoms with Crippen LogP contribution in [0.5, 0.6) is 11.5 Å². The Hall–Kier alpha value is -0.940. The van der Waals surface area contributed by atoms with Crippen molar-refractivity contribution in [2.24, 2.45) is 5.41 Å². The van der Waals surface area contributed by atoms with Crippen molar-refractivity contribution in [1.82, 2.24) is 0 Å². The first kappa shape index (κ1) is 13.5. The van der Waals surface area contributed by atoms with Crippen LogP contribution in [-0.4, -0.2) is 21.6 Å². The third-order valence-electron chi connectivity index (χ3n) is 2.58. The SMILES string of the molecule is CC1(C)COc2ccc(CS(=O)(=O)Cl)cc2OC1. The molecule has 0 saturated carbocycles. The van der Waals surface area contributed by atoms with E-state index in [9.17, 15) is 8.42 Å². The molecule has 0 saturated heterocycles. The highest BCUT2D eigenvalue weighted by molar-refractivity contribution is 8.13. The predicted molar refractivity (Wildman–Crippen MR) is 69.7 cm³/mol. The quantitative estimate of drug-likeness (QED) is 0.786. The first-order chi connectivity index (χ1) is 8.25. The second-order valence-electron chi connectivity index (χ2n) is 5.21. The Kier molecular flexibility index (Phi) is 3.47. The Morgan fingerprint density at radius 1 is 1.22 bits per heavy atom. The standard InChI is InChI=1S/C12H15ClO4S/c1-12(2)7-16-10-4-3-9(6-18(13,14)15)5-11(10)17-8-12/h3-5H,6-8H2,1-2H3. The van der Waals surface area contributed by atoms with Gasteiger partial charge in [0, 0.05) is 16.1 Å². The molecule has 0 atom stereocenters. The maximum absolute atomic E-state index is 11.0. The van der Waals surface area contributed by atoms with Crippen LogP contribution in [0, 0.1) is 5.41 Å². The van der Waals surface area contributed by atoms with E-state index in [0.29, 0.717) is 30.3 Å². The van der Waals surface area contributed by atoms with Crippen molar-refractivity contribution in [3.8, 4) is 11.5 Å². The van der Waals surface area contributed by atoms with Crippen molar-refractivity contribution in [2.75, 3.05) is 13.2 Å². The Bertz CT molecular complexity index is 551. The molecule has 100 valence electrons. The smallest absolute Gasteiger partial charge is 0.236 e. The lowest BCUT2D eigenvalue weighted by molar-refractivity contribution is 0.140. The summed E-state index contributed by atoms with van der Waals surface area (Å²) in [4.78, 5) is 0. The van der Waals surface area contributed by atoms with E-state index in [2.05, 4.69) is 0 Å². The molecule has 0 radical (unpaired) electrons. The Labute approximate surface area is 111 Å². The molecule has 0 amide bonds. The van der Waals surface area contributed by atoms with Gasteiger partial charge in [-0.05, 0) is 17.7 Å². The molecule has 0 spiro atoms. The Morgan fingerprint density at radius 2 is 1.83 bits per heavy atom. The van der Waals surface area contributed by atoms with Crippen LogP contribution in [-0.2, 0) is 14.8 Å². The van der Waals surface area contributed by atoms with Crippen LogP contribution in [0.4, 0.5) is 0 Å². The normalized spacial score (nSPS) is 18.2. The summed E-state index contributed by atoms with van der Waals surface area (Å²) in [6.07, 6.45) is 0.